The predicted octanol–water partition coefficient (Wildman–Crippen LogP) is 1.86. The third kappa shape index (κ3) is 5.50. The van der Waals surface area contributed by atoms with Crippen molar-refractivity contribution in [2.75, 3.05) is 13.2 Å². The maximum atomic E-state index is 7.62. The molecule has 0 amide bonds. The van der Waals surface area contributed by atoms with Gasteiger partial charge in [0.25, 0.3) is 0 Å². The number of aliphatic hydroxyl groups excluding tert-OH is 2. The van der Waals surface area contributed by atoms with Gasteiger partial charge in [0.2, 0.25) is 0 Å². The fraction of sp³-hybridized carbons (Fsp3) is 1.00. The first-order valence-electron chi connectivity index (χ1n) is 6.24. The molecule has 2 saturated carbocycles. The molecule has 0 bridgehead atoms. The molecule has 3 heteroatoms. The van der Waals surface area contributed by atoms with Gasteiger partial charge in [-0.15, -0.1) is 0 Å². The lowest BCUT2D eigenvalue weighted by Crippen LogP contribution is -2.16. The average molecular weight is 216 g/mol. The lowest BCUT2D eigenvalue weighted by molar-refractivity contribution is -0.00353. The van der Waals surface area contributed by atoms with Crippen LogP contribution in [0.3, 0.4) is 0 Å². The van der Waals surface area contributed by atoms with Crippen molar-refractivity contribution in [2.24, 2.45) is 0 Å². The second-order valence-corrected chi connectivity index (χ2v) is 4.40. The van der Waals surface area contributed by atoms with Gasteiger partial charge in [-0.2, -0.15) is 0 Å². The van der Waals surface area contributed by atoms with Gasteiger partial charge in [0.1, 0.15) is 0 Å². The van der Waals surface area contributed by atoms with Crippen LogP contribution in [0.4, 0.5) is 0 Å². The Labute approximate surface area is 92.4 Å². The van der Waals surface area contributed by atoms with E-state index < -0.39 is 0 Å². The Morgan fingerprint density at radius 3 is 1.33 bits per heavy atom. The topological polar surface area (TPSA) is 49.7 Å². The van der Waals surface area contributed by atoms with E-state index in [4.69, 9.17) is 14.9 Å². The van der Waals surface area contributed by atoms with Gasteiger partial charge in [0.05, 0.1) is 25.4 Å². The first kappa shape index (κ1) is 12.9. The van der Waals surface area contributed by atoms with E-state index in [0.717, 1.165) is 0 Å². The highest BCUT2D eigenvalue weighted by Gasteiger charge is 2.22. The van der Waals surface area contributed by atoms with Crippen LogP contribution in [0.25, 0.3) is 0 Å². The van der Waals surface area contributed by atoms with E-state index >= 15 is 0 Å². The molecule has 0 unspecified atom stereocenters. The van der Waals surface area contributed by atoms with Crippen LogP contribution in [0.5, 0.6) is 0 Å². The van der Waals surface area contributed by atoms with E-state index in [-0.39, 0.29) is 13.2 Å². The minimum atomic E-state index is -0.125. The molecule has 2 rings (SSSR count). The van der Waals surface area contributed by atoms with Gasteiger partial charge >= 0.3 is 0 Å². The Balaban J connectivity index is 0.000000245. The van der Waals surface area contributed by atoms with Crippen molar-refractivity contribution in [3.63, 3.8) is 0 Å². The molecule has 90 valence electrons. The zero-order valence-electron chi connectivity index (χ0n) is 9.53. The fourth-order valence-corrected chi connectivity index (χ4v) is 2.32. The molecular formula is C12H24O3. The van der Waals surface area contributed by atoms with Crippen molar-refractivity contribution in [3.8, 4) is 0 Å². The van der Waals surface area contributed by atoms with Gasteiger partial charge in [-0.1, -0.05) is 25.7 Å². The van der Waals surface area contributed by atoms with Gasteiger partial charge in [-0.3, -0.25) is 0 Å². The predicted molar refractivity (Wildman–Crippen MR) is 59.8 cm³/mol. The average Bonchev–Trinajstić information content (AvgIpc) is 2.92. The molecule has 0 heterocycles. The van der Waals surface area contributed by atoms with Crippen LogP contribution in [-0.4, -0.2) is 35.6 Å². The van der Waals surface area contributed by atoms with Crippen molar-refractivity contribution in [2.45, 2.75) is 63.6 Å². The Morgan fingerprint density at radius 1 is 0.733 bits per heavy atom. The number of ether oxygens (including phenoxy) is 1. The molecule has 2 aliphatic rings. The first-order valence-corrected chi connectivity index (χ1v) is 6.24. The summed E-state index contributed by atoms with van der Waals surface area (Å²) < 4.78 is 5.97. The molecule has 0 radical (unpaired) electrons. The lowest BCUT2D eigenvalue weighted by Gasteiger charge is -2.16. The molecule has 0 aromatic heterocycles. The molecule has 0 aromatic carbocycles. The summed E-state index contributed by atoms with van der Waals surface area (Å²) in [6.45, 7) is -0.250. The van der Waals surface area contributed by atoms with Crippen LogP contribution in [0.15, 0.2) is 0 Å². The van der Waals surface area contributed by atoms with Crippen LogP contribution in [0.2, 0.25) is 0 Å². The summed E-state index contributed by atoms with van der Waals surface area (Å²) >= 11 is 0. The van der Waals surface area contributed by atoms with Crippen LogP contribution < -0.4 is 0 Å². The van der Waals surface area contributed by atoms with Gasteiger partial charge in [0, 0.05) is 0 Å². The molecule has 15 heavy (non-hydrogen) atoms. The van der Waals surface area contributed by atoms with Crippen LogP contribution in [0, 0.1) is 0 Å². The zero-order valence-corrected chi connectivity index (χ0v) is 9.53. The van der Waals surface area contributed by atoms with Crippen molar-refractivity contribution in [1.29, 1.82) is 0 Å². The molecule has 3 nitrogen and oxygen atoms in total. The highest BCUT2D eigenvalue weighted by Crippen LogP contribution is 2.28. The molecule has 0 aliphatic heterocycles. The summed E-state index contributed by atoms with van der Waals surface area (Å²) in [7, 11) is 0. The van der Waals surface area contributed by atoms with Crippen LogP contribution in [-0.2, 0) is 4.74 Å². The maximum absolute atomic E-state index is 7.62. The number of hydrogen-bond donors (Lipinski definition) is 2. The summed E-state index contributed by atoms with van der Waals surface area (Å²) in [4.78, 5) is 0. The number of rotatable bonds is 3. The Bertz CT molecular complexity index is 122. The lowest BCUT2D eigenvalue weighted by atomic mass is 10.2. The second-order valence-electron chi connectivity index (χ2n) is 4.40. The summed E-state index contributed by atoms with van der Waals surface area (Å²) in [5, 5.41) is 15.2. The van der Waals surface area contributed by atoms with E-state index in [1.165, 1.54) is 51.4 Å². The van der Waals surface area contributed by atoms with E-state index in [0.29, 0.717) is 12.2 Å². The molecule has 0 atom stereocenters. The standard InChI is InChI=1S/C10H18O.C2H6O2/c1-2-6-9(5-1)11-10-7-3-4-8-10;3-1-2-4/h9-10H,1-8H2;3-4H,1-2H2. The molecule has 0 spiro atoms. The minimum absolute atomic E-state index is 0.125. The van der Waals surface area contributed by atoms with E-state index in [9.17, 15) is 0 Å². The third-order valence-electron chi connectivity index (χ3n) is 3.09. The summed E-state index contributed by atoms with van der Waals surface area (Å²) in [5.74, 6) is 0. The number of aliphatic hydroxyl groups is 2. The smallest absolute Gasteiger partial charge is 0.0662 e. The van der Waals surface area contributed by atoms with Gasteiger partial charge in [-0.05, 0) is 25.7 Å². The maximum Gasteiger partial charge on any atom is 0.0662 e. The molecule has 2 aliphatic carbocycles. The fourth-order valence-electron chi connectivity index (χ4n) is 2.32. The molecular weight excluding hydrogens is 192 g/mol. The Hall–Kier alpha value is -0.120. The summed E-state index contributed by atoms with van der Waals surface area (Å²) in [5.41, 5.74) is 0. The van der Waals surface area contributed by atoms with E-state index in [1.54, 1.807) is 0 Å². The van der Waals surface area contributed by atoms with Crippen molar-refractivity contribution in [1.82, 2.24) is 0 Å². The highest BCUT2D eigenvalue weighted by molar-refractivity contribution is 4.73. The van der Waals surface area contributed by atoms with E-state index in [2.05, 4.69) is 0 Å². The number of hydrogen-bond acceptors (Lipinski definition) is 3. The monoisotopic (exact) mass is 216 g/mol. The molecule has 0 saturated heterocycles. The quantitative estimate of drug-likeness (QED) is 0.757. The molecule has 0 aromatic rings. The van der Waals surface area contributed by atoms with Crippen LogP contribution >= 0.6 is 0 Å². The highest BCUT2D eigenvalue weighted by atomic mass is 16.5. The minimum Gasteiger partial charge on any atom is -0.394 e. The Morgan fingerprint density at radius 2 is 1.07 bits per heavy atom. The molecule has 2 fully saturated rings. The Kier molecular flexibility index (Phi) is 6.98. The summed E-state index contributed by atoms with van der Waals surface area (Å²) in [6.07, 6.45) is 12.2. The van der Waals surface area contributed by atoms with Gasteiger partial charge in [-0.25, -0.2) is 0 Å². The van der Waals surface area contributed by atoms with Crippen molar-refractivity contribution >= 4 is 0 Å². The SMILES string of the molecule is C1CCC(OC2CCCC2)C1.OCCO. The van der Waals surface area contributed by atoms with Crippen LogP contribution in [0.1, 0.15) is 51.4 Å². The largest absolute Gasteiger partial charge is 0.394 e. The normalized spacial score (nSPS) is 22.8. The van der Waals surface area contributed by atoms with Crippen molar-refractivity contribution < 1.29 is 14.9 Å². The van der Waals surface area contributed by atoms with Crippen molar-refractivity contribution in [3.05, 3.63) is 0 Å². The van der Waals surface area contributed by atoms with Gasteiger partial charge in [0.15, 0.2) is 0 Å². The first-order chi connectivity index (χ1) is 7.36. The van der Waals surface area contributed by atoms with Gasteiger partial charge < -0.3 is 14.9 Å². The molecule has 2 N–H and O–H groups in total. The zero-order chi connectivity index (χ0) is 10.9. The van der Waals surface area contributed by atoms with E-state index in [1.807, 2.05) is 0 Å². The third-order valence-corrected chi connectivity index (χ3v) is 3.09. The summed E-state index contributed by atoms with van der Waals surface area (Å²) in [6, 6.07) is 0. The second kappa shape index (κ2) is 8.08.